The van der Waals surface area contributed by atoms with E-state index in [0.717, 1.165) is 5.56 Å². The fraction of sp³-hybridized carbons (Fsp3) is 0.286. The minimum atomic E-state index is -0.845. The summed E-state index contributed by atoms with van der Waals surface area (Å²) in [5.41, 5.74) is 1.69. The summed E-state index contributed by atoms with van der Waals surface area (Å²) in [7, 11) is 0. The van der Waals surface area contributed by atoms with Crippen LogP contribution in [0.25, 0.3) is 0 Å². The number of halogens is 3. The van der Waals surface area contributed by atoms with Crippen LogP contribution in [0.4, 0.5) is 4.39 Å². The second kappa shape index (κ2) is 12.7. The fourth-order valence-electron chi connectivity index (χ4n) is 3.74. The maximum absolute atomic E-state index is 14.4. The summed E-state index contributed by atoms with van der Waals surface area (Å²) in [6, 6.07) is 19.9. The molecule has 0 spiro atoms. The molecule has 3 aromatic rings. The average Bonchev–Trinajstić information content (AvgIpc) is 2.83. The Bertz CT molecular complexity index is 1130. The maximum atomic E-state index is 14.4. The van der Waals surface area contributed by atoms with E-state index in [1.807, 2.05) is 44.2 Å². The minimum Gasteiger partial charge on any atom is -0.354 e. The van der Waals surface area contributed by atoms with E-state index in [0.29, 0.717) is 22.2 Å². The fourth-order valence-corrected chi connectivity index (χ4v) is 4.25. The van der Waals surface area contributed by atoms with E-state index in [9.17, 15) is 14.0 Å². The van der Waals surface area contributed by atoms with Crippen molar-refractivity contribution in [2.75, 3.05) is 6.54 Å². The molecule has 0 aromatic heterocycles. The first-order valence-electron chi connectivity index (χ1n) is 11.5. The Hall–Kier alpha value is -2.89. The largest absolute Gasteiger partial charge is 0.354 e. The van der Waals surface area contributed by atoms with Crippen LogP contribution in [0.15, 0.2) is 72.8 Å². The summed E-state index contributed by atoms with van der Waals surface area (Å²) < 4.78 is 14.4. The normalized spacial score (nSPS) is 11.8. The lowest BCUT2D eigenvalue weighted by Gasteiger charge is -2.32. The van der Waals surface area contributed by atoms with E-state index in [1.54, 1.807) is 36.4 Å². The molecule has 0 aliphatic heterocycles. The zero-order valence-corrected chi connectivity index (χ0v) is 21.3. The first-order valence-corrected chi connectivity index (χ1v) is 12.3. The average molecular weight is 515 g/mol. The molecule has 3 aromatic carbocycles. The lowest BCUT2D eigenvalue weighted by atomic mass is 10.0. The van der Waals surface area contributed by atoms with Gasteiger partial charge in [-0.15, -0.1) is 0 Å². The van der Waals surface area contributed by atoms with Crippen molar-refractivity contribution < 1.29 is 14.0 Å². The summed E-state index contributed by atoms with van der Waals surface area (Å²) in [5.74, 6) is -0.920. The van der Waals surface area contributed by atoms with Crippen molar-refractivity contribution in [2.45, 2.75) is 39.3 Å². The van der Waals surface area contributed by atoms with Crippen molar-refractivity contribution in [3.8, 4) is 0 Å². The summed E-state index contributed by atoms with van der Waals surface area (Å²) in [6.45, 7) is 4.47. The summed E-state index contributed by atoms with van der Waals surface area (Å²) >= 11 is 12.9. The van der Waals surface area contributed by atoms with Crippen molar-refractivity contribution in [2.24, 2.45) is 5.92 Å². The van der Waals surface area contributed by atoms with E-state index in [-0.39, 0.29) is 36.8 Å². The Balaban J connectivity index is 2.02. The molecule has 1 N–H and O–H groups in total. The van der Waals surface area contributed by atoms with Crippen LogP contribution in [0.3, 0.4) is 0 Å². The van der Waals surface area contributed by atoms with Gasteiger partial charge < -0.3 is 10.2 Å². The van der Waals surface area contributed by atoms with Crippen molar-refractivity contribution in [3.63, 3.8) is 0 Å². The number of carbonyl (C=O) groups excluding carboxylic acids is 2. The van der Waals surface area contributed by atoms with Crippen molar-refractivity contribution in [3.05, 3.63) is 105 Å². The molecule has 35 heavy (non-hydrogen) atoms. The predicted octanol–water partition coefficient (Wildman–Crippen LogP) is 6.09. The van der Waals surface area contributed by atoms with Crippen LogP contribution in [0.2, 0.25) is 10.0 Å². The molecule has 0 unspecified atom stereocenters. The zero-order valence-electron chi connectivity index (χ0n) is 19.8. The van der Waals surface area contributed by atoms with Gasteiger partial charge in [0, 0.05) is 35.1 Å². The highest BCUT2D eigenvalue weighted by atomic mass is 35.5. The van der Waals surface area contributed by atoms with Crippen LogP contribution in [-0.2, 0) is 29.0 Å². The lowest BCUT2D eigenvalue weighted by Crippen LogP contribution is -2.51. The standard InChI is InChI=1S/C28H29Cl2FN2O2/c1-19(2)17-32-28(35)26(15-20-9-4-3-5-10-20)33(18-22-23(29)12-8-13-24(22)30)27(34)16-21-11-6-7-14-25(21)31/h3-14,19,26H,15-18H2,1-2H3,(H,32,35)/t26-/m0/s1. The molecule has 1 atom stereocenters. The third kappa shape index (κ3) is 7.55. The van der Waals surface area contributed by atoms with E-state index >= 15 is 0 Å². The number of nitrogens with zero attached hydrogens (tertiary/aromatic N) is 1. The SMILES string of the molecule is CC(C)CNC(=O)[C@H](Cc1ccccc1)N(Cc1c(Cl)cccc1Cl)C(=O)Cc1ccccc1F. The van der Waals surface area contributed by atoms with Crippen LogP contribution in [0.5, 0.6) is 0 Å². The molecule has 0 bridgehead atoms. The van der Waals surface area contributed by atoms with Gasteiger partial charge in [0.15, 0.2) is 0 Å². The Labute approximate surface area is 216 Å². The monoisotopic (exact) mass is 514 g/mol. The first-order chi connectivity index (χ1) is 16.8. The van der Waals surface area contributed by atoms with Gasteiger partial charge in [0.1, 0.15) is 11.9 Å². The molecule has 0 saturated carbocycles. The Morgan fingerprint density at radius 1 is 0.914 bits per heavy atom. The third-order valence-corrected chi connectivity index (χ3v) is 6.35. The summed E-state index contributed by atoms with van der Waals surface area (Å²) in [4.78, 5) is 28.6. The number of carbonyl (C=O) groups is 2. The molecule has 0 fully saturated rings. The van der Waals surface area contributed by atoms with Gasteiger partial charge in [-0.2, -0.15) is 0 Å². The molecule has 0 heterocycles. The number of benzene rings is 3. The van der Waals surface area contributed by atoms with Gasteiger partial charge in [-0.25, -0.2) is 4.39 Å². The summed E-state index contributed by atoms with van der Waals surface area (Å²) in [5, 5.41) is 3.74. The topological polar surface area (TPSA) is 49.4 Å². The molecule has 0 radical (unpaired) electrons. The van der Waals surface area contributed by atoms with Crippen molar-refractivity contribution in [1.82, 2.24) is 10.2 Å². The van der Waals surface area contributed by atoms with E-state index in [1.165, 1.54) is 11.0 Å². The third-order valence-electron chi connectivity index (χ3n) is 5.65. The number of nitrogens with one attached hydrogen (secondary N) is 1. The smallest absolute Gasteiger partial charge is 0.243 e. The molecule has 0 saturated heterocycles. The van der Waals surface area contributed by atoms with Crippen LogP contribution in [0, 0.1) is 11.7 Å². The van der Waals surface area contributed by atoms with Crippen molar-refractivity contribution in [1.29, 1.82) is 0 Å². The van der Waals surface area contributed by atoms with Gasteiger partial charge in [0.05, 0.1) is 6.42 Å². The number of hydrogen-bond acceptors (Lipinski definition) is 2. The molecule has 2 amide bonds. The second-order valence-electron chi connectivity index (χ2n) is 8.83. The molecule has 0 aliphatic rings. The minimum absolute atomic E-state index is 0.0123. The highest BCUT2D eigenvalue weighted by molar-refractivity contribution is 6.36. The van der Waals surface area contributed by atoms with Crippen LogP contribution < -0.4 is 5.32 Å². The van der Waals surface area contributed by atoms with E-state index in [2.05, 4.69) is 5.32 Å². The van der Waals surface area contributed by atoms with Gasteiger partial charge in [0.2, 0.25) is 11.8 Å². The molecule has 184 valence electrons. The number of rotatable bonds is 10. The van der Waals surface area contributed by atoms with Crippen LogP contribution in [-0.4, -0.2) is 29.3 Å². The van der Waals surface area contributed by atoms with Gasteiger partial charge in [0.25, 0.3) is 0 Å². The van der Waals surface area contributed by atoms with Crippen molar-refractivity contribution >= 4 is 35.0 Å². The van der Waals surface area contributed by atoms with Gasteiger partial charge in [-0.05, 0) is 35.2 Å². The number of amides is 2. The first kappa shape index (κ1) is 26.7. The molecule has 3 rings (SSSR count). The zero-order chi connectivity index (χ0) is 25.4. The van der Waals surface area contributed by atoms with Gasteiger partial charge in [-0.1, -0.05) is 91.6 Å². The quantitative estimate of drug-likeness (QED) is 0.356. The maximum Gasteiger partial charge on any atom is 0.243 e. The highest BCUT2D eigenvalue weighted by Crippen LogP contribution is 2.27. The predicted molar refractivity (Wildman–Crippen MR) is 139 cm³/mol. The lowest BCUT2D eigenvalue weighted by molar-refractivity contribution is -0.140. The van der Waals surface area contributed by atoms with E-state index < -0.39 is 17.8 Å². The molecule has 7 heteroatoms. The molecular formula is C28H29Cl2FN2O2. The Morgan fingerprint density at radius 2 is 1.54 bits per heavy atom. The second-order valence-corrected chi connectivity index (χ2v) is 9.65. The Morgan fingerprint density at radius 3 is 2.17 bits per heavy atom. The number of hydrogen-bond donors (Lipinski definition) is 1. The van der Waals surface area contributed by atoms with Crippen LogP contribution >= 0.6 is 23.2 Å². The molecule has 0 aliphatic carbocycles. The molecule has 4 nitrogen and oxygen atoms in total. The van der Waals surface area contributed by atoms with Gasteiger partial charge >= 0.3 is 0 Å². The molecular weight excluding hydrogens is 486 g/mol. The van der Waals surface area contributed by atoms with Gasteiger partial charge in [-0.3, -0.25) is 9.59 Å². The van der Waals surface area contributed by atoms with E-state index in [4.69, 9.17) is 23.2 Å². The Kier molecular flexibility index (Phi) is 9.70. The van der Waals surface area contributed by atoms with Crippen LogP contribution in [0.1, 0.15) is 30.5 Å². The highest BCUT2D eigenvalue weighted by Gasteiger charge is 2.31. The summed E-state index contributed by atoms with van der Waals surface area (Å²) in [6.07, 6.45) is 0.0906.